The third-order valence-corrected chi connectivity index (χ3v) is 17.8. The van der Waals surface area contributed by atoms with Crippen LogP contribution < -0.4 is 9.80 Å². The molecule has 0 aliphatic rings. The fourth-order valence-corrected chi connectivity index (χ4v) is 14.0. The molecular weight excluding hydrogens is 1120 g/mol. The van der Waals surface area contributed by atoms with Crippen molar-refractivity contribution in [3.63, 3.8) is 0 Å². The van der Waals surface area contributed by atoms with Gasteiger partial charge in [-0.25, -0.2) is 4.39 Å². The Labute approximate surface area is 532 Å². The molecule has 4 heterocycles. The molecule has 4 aromatic heterocycles. The number of rotatable bonds is 10. The molecule has 0 aliphatic carbocycles. The van der Waals surface area contributed by atoms with Gasteiger partial charge in [-0.3, -0.25) is 0 Å². The Morgan fingerprint density at radius 2 is 0.511 bits per heavy atom. The Hall–Kier alpha value is -12.2. The van der Waals surface area contributed by atoms with Crippen molar-refractivity contribution in [2.75, 3.05) is 9.80 Å². The summed E-state index contributed by atoms with van der Waals surface area (Å²) in [4.78, 5) is 4.67. The number of anilines is 6. The van der Waals surface area contributed by atoms with Gasteiger partial charge in [0.1, 0.15) is 5.82 Å². The molecule has 0 atom stereocenters. The van der Waals surface area contributed by atoms with Crippen molar-refractivity contribution in [3.8, 4) is 22.7 Å². The van der Waals surface area contributed by atoms with Crippen LogP contribution in [0.25, 0.3) is 110 Å². The van der Waals surface area contributed by atoms with Crippen LogP contribution in [0.2, 0.25) is 0 Å². The molecule has 0 spiro atoms. The van der Waals surface area contributed by atoms with E-state index >= 15 is 0 Å². The first-order valence-corrected chi connectivity index (χ1v) is 30.9. The van der Waals surface area contributed by atoms with Crippen molar-refractivity contribution >= 4 is 121 Å². The van der Waals surface area contributed by atoms with E-state index in [0.29, 0.717) is 0 Å². The molecule has 92 heavy (non-hydrogen) atoms. The molecule has 0 radical (unpaired) electrons. The Bertz CT molecular complexity index is 5710. The maximum absolute atomic E-state index is 14.3. The molecule has 0 unspecified atom stereocenters. The van der Waals surface area contributed by atoms with Gasteiger partial charge in [-0.05, 0) is 164 Å². The summed E-state index contributed by atoms with van der Waals surface area (Å²) in [6.07, 6.45) is 0. The van der Waals surface area contributed by atoms with Crippen molar-refractivity contribution < 1.29 is 4.39 Å². The van der Waals surface area contributed by atoms with E-state index < -0.39 is 0 Å². The van der Waals surface area contributed by atoms with Gasteiger partial charge in [0.05, 0.1) is 55.5 Å². The molecule has 0 aliphatic heterocycles. The standard InChI is InChI=1S/C42H28FN3.C42H29N3.CH4/c43-29-22-24-32(25-23-29)44(33-26-27-39-36(28-33)34-16-7-9-18-37(34)45(39)30-12-3-1-4-13-30)40-20-11-21-41-42(40)35-17-8-10-19-38(35)46(41)31-14-5-2-6-15-31;1-4-15-30(16-5-1)43(33-27-28-35-34-21-10-12-23-37(34)45(41(35)29-33)32-19-8-3-9-20-32)39-25-14-26-40-42(39)36-22-11-13-24-38(36)44(40)31-17-6-2-7-18-31;/h1-28H;1-29H;1H4. The van der Waals surface area contributed by atoms with Crippen LogP contribution in [-0.4, -0.2) is 18.3 Å². The van der Waals surface area contributed by atoms with Crippen LogP contribution in [-0.2, 0) is 0 Å². The Morgan fingerprint density at radius 3 is 0.978 bits per heavy atom. The zero-order valence-corrected chi connectivity index (χ0v) is 49.5. The van der Waals surface area contributed by atoms with E-state index in [1.54, 1.807) is 0 Å². The van der Waals surface area contributed by atoms with Gasteiger partial charge in [0.25, 0.3) is 0 Å². The largest absolute Gasteiger partial charge is 0.310 e. The van der Waals surface area contributed by atoms with Crippen LogP contribution in [0.3, 0.4) is 0 Å². The highest BCUT2D eigenvalue weighted by Crippen LogP contribution is 2.48. The van der Waals surface area contributed by atoms with Crippen LogP contribution in [0.15, 0.2) is 346 Å². The van der Waals surface area contributed by atoms with Crippen LogP contribution in [0.4, 0.5) is 38.5 Å². The lowest BCUT2D eigenvalue weighted by atomic mass is 10.1. The molecule has 0 N–H and O–H groups in total. The maximum Gasteiger partial charge on any atom is 0.123 e. The van der Waals surface area contributed by atoms with Gasteiger partial charge in [-0.15, -0.1) is 0 Å². The molecule has 0 bridgehead atoms. The molecule has 0 fully saturated rings. The second kappa shape index (κ2) is 23.1. The minimum Gasteiger partial charge on any atom is -0.310 e. The summed E-state index contributed by atoms with van der Waals surface area (Å²) in [6, 6.07) is 121. The van der Waals surface area contributed by atoms with Gasteiger partial charge in [-0.1, -0.05) is 189 Å². The molecule has 0 saturated carbocycles. The molecule has 7 heteroatoms. The van der Waals surface area contributed by atoms with Gasteiger partial charge >= 0.3 is 0 Å². The topological polar surface area (TPSA) is 26.2 Å². The minimum absolute atomic E-state index is 0. The van der Waals surface area contributed by atoms with Crippen molar-refractivity contribution in [1.29, 1.82) is 0 Å². The molecule has 0 amide bonds. The summed E-state index contributed by atoms with van der Waals surface area (Å²) in [6.45, 7) is 0. The van der Waals surface area contributed by atoms with Crippen LogP contribution in [0.1, 0.15) is 7.43 Å². The highest BCUT2D eigenvalue weighted by atomic mass is 19.1. The van der Waals surface area contributed by atoms with Gasteiger partial charge in [0.15, 0.2) is 0 Å². The molecule has 6 nitrogen and oxygen atoms in total. The van der Waals surface area contributed by atoms with Crippen LogP contribution >= 0.6 is 0 Å². The Morgan fingerprint density at radius 1 is 0.207 bits per heavy atom. The van der Waals surface area contributed by atoms with E-state index in [9.17, 15) is 4.39 Å². The molecule has 0 saturated heterocycles. The Balaban J connectivity index is 0.000000145. The average molecular weight is 1190 g/mol. The summed E-state index contributed by atoms with van der Waals surface area (Å²) in [5.74, 6) is -0.260. The van der Waals surface area contributed by atoms with E-state index in [0.717, 1.165) is 95.1 Å². The van der Waals surface area contributed by atoms with E-state index in [2.05, 4.69) is 337 Å². The van der Waals surface area contributed by atoms with Crippen molar-refractivity contribution in [2.45, 2.75) is 7.43 Å². The first-order chi connectivity index (χ1) is 45.1. The summed E-state index contributed by atoms with van der Waals surface area (Å²) < 4.78 is 23.8. The first kappa shape index (κ1) is 55.1. The molecule has 438 valence electrons. The van der Waals surface area contributed by atoms with E-state index in [4.69, 9.17) is 0 Å². The van der Waals surface area contributed by atoms with E-state index in [-0.39, 0.29) is 13.2 Å². The molecular formula is C85H61FN6. The number of aromatic nitrogens is 4. The highest BCUT2D eigenvalue weighted by molar-refractivity contribution is 6.19. The fourth-order valence-electron chi connectivity index (χ4n) is 14.0. The van der Waals surface area contributed by atoms with E-state index in [1.165, 1.54) is 61.1 Å². The molecule has 18 aromatic rings. The first-order valence-electron chi connectivity index (χ1n) is 30.9. The summed E-state index contributed by atoms with van der Waals surface area (Å²) >= 11 is 0. The third-order valence-electron chi connectivity index (χ3n) is 17.8. The van der Waals surface area contributed by atoms with Gasteiger partial charge in [-0.2, -0.15) is 0 Å². The zero-order valence-electron chi connectivity index (χ0n) is 49.5. The number of hydrogen-bond donors (Lipinski definition) is 0. The zero-order chi connectivity index (χ0) is 60.4. The second-order valence-electron chi connectivity index (χ2n) is 23.0. The molecule has 14 aromatic carbocycles. The maximum atomic E-state index is 14.3. The SMILES string of the molecule is C.Fc1ccc(N(c2ccc3c(c2)c2ccccc2n3-c2ccccc2)c2cccc3c2c2ccccc2n3-c2ccccc2)cc1.c1ccc(N(c2ccc3c4ccccc4n(-c4ccccc4)c3c2)c2cccc3c2c2ccccc2n3-c2ccccc2)cc1. The smallest absolute Gasteiger partial charge is 0.123 e. The number of benzene rings is 14. The summed E-state index contributed by atoms with van der Waals surface area (Å²) in [7, 11) is 0. The van der Waals surface area contributed by atoms with Crippen molar-refractivity contribution in [1.82, 2.24) is 18.3 Å². The average Bonchev–Trinajstić information content (AvgIpc) is 1.57. The predicted octanol–water partition coefficient (Wildman–Crippen LogP) is 23.5. The van der Waals surface area contributed by atoms with Crippen LogP contribution in [0, 0.1) is 5.82 Å². The lowest BCUT2D eigenvalue weighted by molar-refractivity contribution is 0.628. The Kier molecular flexibility index (Phi) is 13.8. The number of hydrogen-bond acceptors (Lipinski definition) is 2. The third kappa shape index (κ3) is 9.16. The number of nitrogens with zero attached hydrogens (tertiary/aromatic N) is 6. The summed E-state index contributed by atoms with van der Waals surface area (Å²) in [5, 5.41) is 9.58. The normalized spacial score (nSPS) is 11.4. The van der Waals surface area contributed by atoms with Crippen molar-refractivity contribution in [3.05, 3.63) is 352 Å². The van der Waals surface area contributed by atoms with Gasteiger partial charge < -0.3 is 28.1 Å². The van der Waals surface area contributed by atoms with Gasteiger partial charge in [0.2, 0.25) is 0 Å². The fraction of sp³-hybridized carbons (Fsp3) is 0.0118. The molecule has 18 rings (SSSR count). The highest BCUT2D eigenvalue weighted by Gasteiger charge is 2.25. The van der Waals surface area contributed by atoms with Crippen LogP contribution in [0.5, 0.6) is 0 Å². The quantitative estimate of drug-likeness (QED) is 0.136. The van der Waals surface area contributed by atoms with E-state index in [1.807, 2.05) is 24.3 Å². The van der Waals surface area contributed by atoms with Crippen molar-refractivity contribution in [2.24, 2.45) is 0 Å². The summed E-state index contributed by atoms with van der Waals surface area (Å²) in [5.41, 5.74) is 20.1. The lowest BCUT2D eigenvalue weighted by Crippen LogP contribution is -2.10. The van der Waals surface area contributed by atoms with Gasteiger partial charge in [0, 0.05) is 88.6 Å². The number of fused-ring (bicyclic) bond motifs is 12. The minimum atomic E-state index is -0.260. The predicted molar refractivity (Wildman–Crippen MR) is 386 cm³/mol. The number of halogens is 1. The second-order valence-corrected chi connectivity index (χ2v) is 23.0. The number of para-hydroxylation sites is 9. The lowest BCUT2D eigenvalue weighted by Gasteiger charge is -2.27. The monoisotopic (exact) mass is 1180 g/mol.